The predicted molar refractivity (Wildman–Crippen MR) is 61.1 cm³/mol. The van der Waals surface area contributed by atoms with Crippen molar-refractivity contribution in [3.8, 4) is 5.75 Å². The first-order chi connectivity index (χ1) is 8.19. The van der Waals surface area contributed by atoms with E-state index in [9.17, 15) is 18.7 Å². The standard InChI is InChI=1S/C12H15F2NO3/c1-12(2,3)18-11(17)15-6-8-9(14)4-7(13)5-10(8)16/h4-5,16H,6H2,1-3H3,(H,15,17). The molecule has 0 fully saturated rings. The van der Waals surface area contributed by atoms with Gasteiger partial charge in [-0.05, 0) is 20.8 Å². The quantitative estimate of drug-likeness (QED) is 0.858. The SMILES string of the molecule is CC(C)(C)OC(=O)NCc1c(O)cc(F)cc1F. The van der Waals surface area contributed by atoms with Crippen LogP contribution in [0.4, 0.5) is 13.6 Å². The van der Waals surface area contributed by atoms with Crippen LogP contribution in [0.1, 0.15) is 26.3 Å². The smallest absolute Gasteiger partial charge is 0.407 e. The Kier molecular flexibility index (Phi) is 4.11. The summed E-state index contributed by atoms with van der Waals surface area (Å²) in [4.78, 5) is 11.3. The van der Waals surface area contributed by atoms with Crippen molar-refractivity contribution < 1.29 is 23.4 Å². The highest BCUT2D eigenvalue weighted by molar-refractivity contribution is 5.67. The van der Waals surface area contributed by atoms with Gasteiger partial charge in [-0.2, -0.15) is 0 Å². The van der Waals surface area contributed by atoms with E-state index in [0.29, 0.717) is 6.07 Å². The van der Waals surface area contributed by atoms with Gasteiger partial charge >= 0.3 is 6.09 Å². The summed E-state index contributed by atoms with van der Waals surface area (Å²) < 4.78 is 31.0. The molecule has 4 nitrogen and oxygen atoms in total. The van der Waals surface area contributed by atoms with Crippen LogP contribution in [0.25, 0.3) is 0 Å². The fraction of sp³-hybridized carbons (Fsp3) is 0.417. The molecule has 0 unspecified atom stereocenters. The number of hydrogen-bond donors (Lipinski definition) is 2. The molecule has 0 saturated heterocycles. The molecule has 0 heterocycles. The molecule has 0 bridgehead atoms. The summed E-state index contributed by atoms with van der Waals surface area (Å²) in [6.07, 6.45) is -0.745. The first-order valence-corrected chi connectivity index (χ1v) is 5.33. The Bertz CT molecular complexity index is 432. The normalized spacial score (nSPS) is 11.2. The average Bonchev–Trinajstić information content (AvgIpc) is 2.12. The van der Waals surface area contributed by atoms with Crippen LogP contribution >= 0.6 is 0 Å². The van der Waals surface area contributed by atoms with Crippen molar-refractivity contribution in [2.75, 3.05) is 0 Å². The number of aromatic hydroxyl groups is 1. The minimum atomic E-state index is -0.927. The zero-order valence-electron chi connectivity index (χ0n) is 10.4. The summed E-state index contributed by atoms with van der Waals surface area (Å²) in [7, 11) is 0. The third kappa shape index (κ3) is 4.20. The number of rotatable bonds is 2. The van der Waals surface area contributed by atoms with E-state index in [4.69, 9.17) is 4.74 Å². The van der Waals surface area contributed by atoms with E-state index in [0.717, 1.165) is 6.07 Å². The first-order valence-electron chi connectivity index (χ1n) is 5.33. The van der Waals surface area contributed by atoms with Gasteiger partial charge in [0.2, 0.25) is 0 Å². The highest BCUT2D eigenvalue weighted by Crippen LogP contribution is 2.21. The van der Waals surface area contributed by atoms with Crippen molar-refractivity contribution in [3.05, 3.63) is 29.3 Å². The summed E-state index contributed by atoms with van der Waals surface area (Å²) in [5, 5.41) is 11.6. The monoisotopic (exact) mass is 259 g/mol. The topological polar surface area (TPSA) is 58.6 Å². The fourth-order valence-electron chi connectivity index (χ4n) is 1.24. The second kappa shape index (κ2) is 5.20. The molecule has 0 aliphatic carbocycles. The maximum absolute atomic E-state index is 13.3. The number of phenols is 1. The summed E-state index contributed by atoms with van der Waals surface area (Å²) >= 11 is 0. The molecule has 2 N–H and O–H groups in total. The van der Waals surface area contributed by atoms with Crippen molar-refractivity contribution in [2.45, 2.75) is 32.9 Å². The van der Waals surface area contributed by atoms with Gasteiger partial charge in [-0.15, -0.1) is 0 Å². The van der Waals surface area contributed by atoms with E-state index >= 15 is 0 Å². The van der Waals surface area contributed by atoms with Crippen LogP contribution in [0.5, 0.6) is 5.75 Å². The molecule has 100 valence electrons. The Morgan fingerprint density at radius 1 is 1.39 bits per heavy atom. The van der Waals surface area contributed by atoms with E-state index in [1.54, 1.807) is 20.8 Å². The Balaban J connectivity index is 2.67. The van der Waals surface area contributed by atoms with Gasteiger partial charge in [0.1, 0.15) is 23.0 Å². The molecule has 1 rings (SSSR count). The van der Waals surface area contributed by atoms with Crippen molar-refractivity contribution in [1.29, 1.82) is 0 Å². The van der Waals surface area contributed by atoms with Crippen molar-refractivity contribution in [2.24, 2.45) is 0 Å². The van der Waals surface area contributed by atoms with Gasteiger partial charge in [0.15, 0.2) is 0 Å². The number of hydrogen-bond acceptors (Lipinski definition) is 3. The number of amides is 1. The third-order valence-corrected chi connectivity index (χ3v) is 1.95. The molecule has 6 heteroatoms. The molecule has 1 amide bonds. The minimum absolute atomic E-state index is 0.192. The van der Waals surface area contributed by atoms with E-state index in [1.807, 2.05) is 0 Å². The molecular weight excluding hydrogens is 244 g/mol. The lowest BCUT2D eigenvalue weighted by Gasteiger charge is -2.19. The van der Waals surface area contributed by atoms with Gasteiger partial charge in [0, 0.05) is 17.7 Å². The van der Waals surface area contributed by atoms with Gasteiger partial charge in [0.05, 0.1) is 6.54 Å². The van der Waals surface area contributed by atoms with Crippen molar-refractivity contribution >= 4 is 6.09 Å². The minimum Gasteiger partial charge on any atom is -0.507 e. The van der Waals surface area contributed by atoms with Gasteiger partial charge < -0.3 is 15.2 Å². The molecule has 0 atom stereocenters. The number of carbonyl (C=O) groups is 1. The molecule has 0 aliphatic rings. The second-order valence-electron chi connectivity index (χ2n) is 4.74. The Hall–Kier alpha value is -1.85. The zero-order valence-corrected chi connectivity index (χ0v) is 10.4. The number of ether oxygens (including phenoxy) is 1. The van der Waals surface area contributed by atoms with Crippen LogP contribution in [0.2, 0.25) is 0 Å². The highest BCUT2D eigenvalue weighted by atomic mass is 19.1. The van der Waals surface area contributed by atoms with Crippen LogP contribution < -0.4 is 5.32 Å². The largest absolute Gasteiger partial charge is 0.507 e. The average molecular weight is 259 g/mol. The zero-order chi connectivity index (χ0) is 13.9. The lowest BCUT2D eigenvalue weighted by atomic mass is 10.2. The highest BCUT2D eigenvalue weighted by Gasteiger charge is 2.17. The van der Waals surface area contributed by atoms with Gasteiger partial charge in [-0.25, -0.2) is 13.6 Å². The van der Waals surface area contributed by atoms with E-state index in [1.165, 1.54) is 0 Å². The number of nitrogens with one attached hydrogen (secondary N) is 1. The summed E-state index contributed by atoms with van der Waals surface area (Å²) in [5.41, 5.74) is -0.865. The van der Waals surface area contributed by atoms with Gasteiger partial charge in [-0.1, -0.05) is 0 Å². The van der Waals surface area contributed by atoms with Crippen molar-refractivity contribution in [1.82, 2.24) is 5.32 Å². The lowest BCUT2D eigenvalue weighted by molar-refractivity contribution is 0.0523. The van der Waals surface area contributed by atoms with E-state index in [2.05, 4.69) is 5.32 Å². The molecule has 0 aromatic heterocycles. The number of carbonyl (C=O) groups excluding carboxylic acids is 1. The first kappa shape index (κ1) is 14.2. The van der Waals surface area contributed by atoms with Crippen LogP contribution in [-0.2, 0) is 11.3 Å². The molecule has 1 aromatic rings. The molecular formula is C12H15F2NO3. The van der Waals surface area contributed by atoms with Crippen LogP contribution in [0, 0.1) is 11.6 Å². The molecule has 1 aromatic carbocycles. The van der Waals surface area contributed by atoms with Crippen LogP contribution in [-0.4, -0.2) is 16.8 Å². The number of phenolic OH excluding ortho intramolecular Hbond substituents is 1. The summed E-state index contributed by atoms with van der Waals surface area (Å²) in [5.74, 6) is -2.36. The fourth-order valence-corrected chi connectivity index (χ4v) is 1.24. The Labute approximate surface area is 104 Å². The van der Waals surface area contributed by atoms with E-state index < -0.39 is 29.1 Å². The maximum atomic E-state index is 13.3. The molecule has 0 aliphatic heterocycles. The number of benzene rings is 1. The molecule has 18 heavy (non-hydrogen) atoms. The van der Waals surface area contributed by atoms with E-state index in [-0.39, 0.29) is 12.1 Å². The summed E-state index contributed by atoms with van der Waals surface area (Å²) in [6, 6.07) is 1.40. The Morgan fingerprint density at radius 2 is 2.00 bits per heavy atom. The third-order valence-electron chi connectivity index (χ3n) is 1.95. The Morgan fingerprint density at radius 3 is 2.50 bits per heavy atom. The number of halogens is 2. The van der Waals surface area contributed by atoms with Gasteiger partial charge in [-0.3, -0.25) is 0 Å². The second-order valence-corrected chi connectivity index (χ2v) is 4.74. The van der Waals surface area contributed by atoms with Crippen molar-refractivity contribution in [3.63, 3.8) is 0 Å². The van der Waals surface area contributed by atoms with Gasteiger partial charge in [0.25, 0.3) is 0 Å². The van der Waals surface area contributed by atoms with Crippen LogP contribution in [0.15, 0.2) is 12.1 Å². The maximum Gasteiger partial charge on any atom is 0.407 e. The predicted octanol–water partition coefficient (Wildman–Crippen LogP) is 2.70. The summed E-state index contributed by atoms with van der Waals surface area (Å²) in [6.45, 7) is 4.76. The molecule has 0 spiro atoms. The number of alkyl carbamates (subject to hydrolysis) is 1. The molecule has 0 saturated carbocycles. The molecule has 0 radical (unpaired) electrons. The van der Waals surface area contributed by atoms with Crippen LogP contribution in [0.3, 0.4) is 0 Å². The lowest BCUT2D eigenvalue weighted by Crippen LogP contribution is -2.32.